The molecule has 0 radical (unpaired) electrons. The number of hydrogen-bond donors (Lipinski definition) is 4. The molecule has 3 aromatic rings. The second-order valence-electron chi connectivity index (χ2n) is 4.67. The summed E-state index contributed by atoms with van der Waals surface area (Å²) in [5, 5.41) is 22.9. The van der Waals surface area contributed by atoms with Crippen LogP contribution in [-0.4, -0.2) is 20.2 Å². The van der Waals surface area contributed by atoms with Crippen LogP contribution >= 0.6 is 0 Å². The van der Waals surface area contributed by atoms with Gasteiger partial charge in [0.15, 0.2) is 0 Å². The number of benzene rings is 2. The first kappa shape index (κ1) is 13.7. The van der Waals surface area contributed by atoms with Gasteiger partial charge in [-0.15, -0.1) is 0 Å². The molecule has 0 saturated heterocycles. The van der Waals surface area contributed by atoms with Gasteiger partial charge in [0.25, 0.3) is 0 Å². The molecular weight excluding hydrogens is 280 g/mol. The number of nitrogens with one attached hydrogen (secondary N) is 1. The van der Waals surface area contributed by atoms with E-state index in [4.69, 9.17) is 5.73 Å². The SMILES string of the molecule is Nc1nccc(-c2cc(Nc3ccccc3O)ccc2O)n1. The molecule has 0 unspecified atom stereocenters. The van der Waals surface area contributed by atoms with Crippen LogP contribution in [0.25, 0.3) is 11.3 Å². The molecule has 0 aliphatic heterocycles. The summed E-state index contributed by atoms with van der Waals surface area (Å²) in [6.07, 6.45) is 1.53. The number of nitrogen functional groups attached to an aromatic ring is 1. The van der Waals surface area contributed by atoms with Crippen LogP contribution in [0.5, 0.6) is 11.5 Å². The van der Waals surface area contributed by atoms with Crippen LogP contribution in [0.2, 0.25) is 0 Å². The molecule has 0 aliphatic rings. The molecule has 0 fully saturated rings. The Morgan fingerprint density at radius 1 is 0.955 bits per heavy atom. The van der Waals surface area contributed by atoms with E-state index in [2.05, 4.69) is 15.3 Å². The predicted molar refractivity (Wildman–Crippen MR) is 84.9 cm³/mol. The van der Waals surface area contributed by atoms with Crippen molar-refractivity contribution in [3.63, 3.8) is 0 Å². The maximum atomic E-state index is 10.0. The van der Waals surface area contributed by atoms with E-state index in [-0.39, 0.29) is 17.4 Å². The first-order valence-electron chi connectivity index (χ1n) is 6.60. The van der Waals surface area contributed by atoms with Gasteiger partial charge in [-0.25, -0.2) is 9.97 Å². The Labute approximate surface area is 126 Å². The molecule has 110 valence electrons. The Morgan fingerprint density at radius 3 is 2.55 bits per heavy atom. The summed E-state index contributed by atoms with van der Waals surface area (Å²) in [7, 11) is 0. The van der Waals surface area contributed by atoms with E-state index in [9.17, 15) is 10.2 Å². The van der Waals surface area contributed by atoms with Crippen LogP contribution in [0.3, 0.4) is 0 Å². The van der Waals surface area contributed by atoms with Crippen molar-refractivity contribution in [2.24, 2.45) is 0 Å². The lowest BCUT2D eigenvalue weighted by atomic mass is 10.1. The Balaban J connectivity index is 1.98. The summed E-state index contributed by atoms with van der Waals surface area (Å²) in [4.78, 5) is 7.93. The topological polar surface area (TPSA) is 104 Å². The van der Waals surface area contributed by atoms with Gasteiger partial charge in [-0.1, -0.05) is 12.1 Å². The Bertz CT molecular complexity index is 821. The largest absolute Gasteiger partial charge is 0.507 e. The molecule has 0 atom stereocenters. The van der Waals surface area contributed by atoms with Crippen LogP contribution in [0.15, 0.2) is 54.7 Å². The maximum Gasteiger partial charge on any atom is 0.220 e. The third-order valence-corrected chi connectivity index (χ3v) is 3.13. The van der Waals surface area contributed by atoms with Gasteiger partial charge in [-0.05, 0) is 36.4 Å². The van der Waals surface area contributed by atoms with Gasteiger partial charge in [-0.2, -0.15) is 0 Å². The van der Waals surface area contributed by atoms with E-state index >= 15 is 0 Å². The van der Waals surface area contributed by atoms with Crippen LogP contribution in [0, 0.1) is 0 Å². The number of aromatic hydroxyl groups is 2. The lowest BCUT2D eigenvalue weighted by Crippen LogP contribution is -1.96. The fourth-order valence-electron chi connectivity index (χ4n) is 2.08. The second kappa shape index (κ2) is 5.61. The zero-order valence-corrected chi connectivity index (χ0v) is 11.6. The third kappa shape index (κ3) is 2.76. The van der Waals surface area contributed by atoms with Crippen LogP contribution in [0.1, 0.15) is 0 Å². The summed E-state index contributed by atoms with van der Waals surface area (Å²) in [5.41, 5.74) is 7.89. The molecule has 2 aromatic carbocycles. The predicted octanol–water partition coefficient (Wildman–Crippen LogP) is 2.88. The molecule has 0 spiro atoms. The highest BCUT2D eigenvalue weighted by Gasteiger charge is 2.09. The monoisotopic (exact) mass is 294 g/mol. The molecule has 5 N–H and O–H groups in total. The molecule has 22 heavy (non-hydrogen) atoms. The number of aromatic nitrogens is 2. The number of nitrogens with two attached hydrogens (primary N) is 1. The summed E-state index contributed by atoms with van der Waals surface area (Å²) in [6, 6.07) is 13.5. The quantitative estimate of drug-likeness (QED) is 0.437. The fourth-order valence-corrected chi connectivity index (χ4v) is 2.08. The van der Waals surface area contributed by atoms with Crippen LogP contribution < -0.4 is 11.1 Å². The second-order valence-corrected chi connectivity index (χ2v) is 4.67. The minimum Gasteiger partial charge on any atom is -0.507 e. The molecule has 0 aliphatic carbocycles. The molecular formula is C16H14N4O2. The summed E-state index contributed by atoms with van der Waals surface area (Å²) in [6.45, 7) is 0. The average Bonchev–Trinajstić information content (AvgIpc) is 2.51. The number of phenols is 2. The third-order valence-electron chi connectivity index (χ3n) is 3.13. The highest BCUT2D eigenvalue weighted by atomic mass is 16.3. The maximum absolute atomic E-state index is 10.0. The van der Waals surface area contributed by atoms with Crippen LogP contribution in [0.4, 0.5) is 17.3 Å². The van der Waals surface area contributed by atoms with E-state index in [0.717, 1.165) is 0 Å². The number of nitrogens with zero attached hydrogens (tertiary/aromatic N) is 2. The van der Waals surface area contributed by atoms with Crippen molar-refractivity contribution >= 4 is 17.3 Å². The Morgan fingerprint density at radius 2 is 1.77 bits per heavy atom. The molecule has 0 amide bonds. The van der Waals surface area contributed by atoms with E-state index in [0.29, 0.717) is 22.6 Å². The van der Waals surface area contributed by atoms with Gasteiger partial charge in [0, 0.05) is 17.4 Å². The van der Waals surface area contributed by atoms with Crippen molar-refractivity contribution in [1.82, 2.24) is 9.97 Å². The van der Waals surface area contributed by atoms with E-state index in [1.165, 1.54) is 6.20 Å². The fraction of sp³-hybridized carbons (Fsp3) is 0. The molecule has 1 heterocycles. The van der Waals surface area contributed by atoms with E-state index < -0.39 is 0 Å². The number of phenolic OH excluding ortho intramolecular Hbond substituents is 2. The Kier molecular flexibility index (Phi) is 3.49. The van der Waals surface area contributed by atoms with Gasteiger partial charge >= 0.3 is 0 Å². The summed E-state index contributed by atoms with van der Waals surface area (Å²) in [5.74, 6) is 0.361. The molecule has 0 bridgehead atoms. The van der Waals surface area contributed by atoms with Crippen molar-refractivity contribution < 1.29 is 10.2 Å². The first-order chi connectivity index (χ1) is 10.6. The minimum absolute atomic E-state index is 0.0842. The number of hydrogen-bond acceptors (Lipinski definition) is 6. The standard InChI is InChI=1S/C16H14N4O2/c17-16-18-8-7-12(20-16)11-9-10(5-6-14(11)21)19-13-3-1-2-4-15(13)22/h1-9,19,21-22H,(H2,17,18,20). The lowest BCUT2D eigenvalue weighted by molar-refractivity contribution is 0.477. The van der Waals surface area contributed by atoms with Gasteiger partial charge in [0.1, 0.15) is 11.5 Å². The smallest absolute Gasteiger partial charge is 0.220 e. The molecule has 6 heteroatoms. The van der Waals surface area contributed by atoms with Crippen molar-refractivity contribution in [1.29, 1.82) is 0 Å². The number of para-hydroxylation sites is 2. The highest BCUT2D eigenvalue weighted by Crippen LogP contribution is 2.33. The summed E-state index contributed by atoms with van der Waals surface area (Å²) >= 11 is 0. The van der Waals surface area contributed by atoms with Gasteiger partial charge in [0.2, 0.25) is 5.95 Å². The molecule has 0 saturated carbocycles. The van der Waals surface area contributed by atoms with E-state index in [1.54, 1.807) is 42.5 Å². The highest BCUT2D eigenvalue weighted by molar-refractivity contribution is 5.75. The summed E-state index contributed by atoms with van der Waals surface area (Å²) < 4.78 is 0. The molecule has 6 nitrogen and oxygen atoms in total. The molecule has 3 rings (SSSR count). The van der Waals surface area contributed by atoms with Crippen molar-refractivity contribution in [2.75, 3.05) is 11.1 Å². The van der Waals surface area contributed by atoms with Gasteiger partial charge in [0.05, 0.1) is 11.4 Å². The van der Waals surface area contributed by atoms with Gasteiger partial charge in [-0.3, -0.25) is 0 Å². The first-order valence-corrected chi connectivity index (χ1v) is 6.60. The van der Waals surface area contributed by atoms with E-state index in [1.807, 2.05) is 6.07 Å². The van der Waals surface area contributed by atoms with Crippen molar-refractivity contribution in [3.05, 3.63) is 54.7 Å². The van der Waals surface area contributed by atoms with Crippen molar-refractivity contribution in [3.8, 4) is 22.8 Å². The van der Waals surface area contributed by atoms with Crippen LogP contribution in [-0.2, 0) is 0 Å². The minimum atomic E-state index is 0.0842. The molecule has 1 aromatic heterocycles. The average molecular weight is 294 g/mol. The zero-order chi connectivity index (χ0) is 15.5. The normalized spacial score (nSPS) is 10.4. The van der Waals surface area contributed by atoms with Gasteiger partial charge < -0.3 is 21.3 Å². The lowest BCUT2D eigenvalue weighted by Gasteiger charge is -2.11. The van der Waals surface area contributed by atoms with Crippen molar-refractivity contribution in [2.45, 2.75) is 0 Å². The number of anilines is 3. The number of rotatable bonds is 3. The Hall–Kier alpha value is -3.28. The zero-order valence-electron chi connectivity index (χ0n) is 11.6.